The van der Waals surface area contributed by atoms with E-state index in [4.69, 9.17) is 0 Å². The van der Waals surface area contributed by atoms with Crippen LogP contribution in [0.4, 0.5) is 14.7 Å². The van der Waals surface area contributed by atoms with Gasteiger partial charge in [-0.2, -0.15) is 5.10 Å². The Morgan fingerprint density at radius 2 is 1.96 bits per heavy atom. The molecule has 2 heterocycles. The van der Waals surface area contributed by atoms with Crippen molar-refractivity contribution in [3.63, 3.8) is 0 Å². The van der Waals surface area contributed by atoms with Gasteiger partial charge < -0.3 is 0 Å². The third kappa shape index (κ3) is 3.68. The molecule has 3 aromatic rings. The van der Waals surface area contributed by atoms with E-state index >= 15 is 0 Å². The van der Waals surface area contributed by atoms with Crippen LogP contribution >= 0.6 is 15.9 Å². The molecule has 128 valence electrons. The topological polar surface area (TPSA) is 89.8 Å². The first kappa shape index (κ1) is 17.1. The summed E-state index contributed by atoms with van der Waals surface area (Å²) in [5, 5.41) is 6.11. The van der Waals surface area contributed by atoms with Gasteiger partial charge >= 0.3 is 0 Å². The van der Waals surface area contributed by atoms with Crippen molar-refractivity contribution in [2.45, 2.75) is 13.0 Å². The van der Waals surface area contributed by atoms with Crippen LogP contribution < -0.4 is 10.9 Å². The van der Waals surface area contributed by atoms with E-state index in [9.17, 15) is 18.4 Å². The van der Waals surface area contributed by atoms with Crippen molar-refractivity contribution in [1.29, 1.82) is 0 Å². The van der Waals surface area contributed by atoms with Crippen LogP contribution in [0.2, 0.25) is 0 Å². The molecule has 0 spiro atoms. The third-order valence-electron chi connectivity index (χ3n) is 3.27. The zero-order valence-electron chi connectivity index (χ0n) is 12.5. The SMILES string of the molecule is O=C(Cn1nc(C(F)F)c2cc(Br)ccc2c1=O)Nc1ncccn1. The average Bonchev–Trinajstić information content (AvgIpc) is 2.57. The van der Waals surface area contributed by atoms with Crippen molar-refractivity contribution in [3.05, 3.63) is 57.2 Å². The van der Waals surface area contributed by atoms with E-state index in [1.807, 2.05) is 0 Å². The second-order valence-corrected chi connectivity index (χ2v) is 5.87. The van der Waals surface area contributed by atoms with Crippen molar-refractivity contribution < 1.29 is 13.6 Å². The number of amides is 1. The molecule has 0 saturated carbocycles. The molecule has 3 rings (SSSR count). The molecule has 0 saturated heterocycles. The van der Waals surface area contributed by atoms with Crippen LogP contribution in [-0.4, -0.2) is 25.7 Å². The molecule has 10 heteroatoms. The first-order chi connectivity index (χ1) is 12.0. The summed E-state index contributed by atoms with van der Waals surface area (Å²) in [6, 6.07) is 5.93. The monoisotopic (exact) mass is 409 g/mol. The number of hydrogen-bond acceptors (Lipinski definition) is 5. The summed E-state index contributed by atoms with van der Waals surface area (Å²) in [5.74, 6) is -0.614. The van der Waals surface area contributed by atoms with Gasteiger partial charge in [-0.15, -0.1) is 0 Å². The first-order valence-electron chi connectivity index (χ1n) is 7.01. The molecule has 7 nitrogen and oxygen atoms in total. The van der Waals surface area contributed by atoms with E-state index in [-0.39, 0.29) is 16.7 Å². The Labute approximate surface area is 147 Å². The highest BCUT2D eigenvalue weighted by Crippen LogP contribution is 2.26. The number of alkyl halides is 2. The summed E-state index contributed by atoms with van der Waals surface area (Å²) in [6.45, 7) is -0.539. The van der Waals surface area contributed by atoms with Gasteiger partial charge in [-0.3, -0.25) is 14.9 Å². The number of nitrogens with one attached hydrogen (secondary N) is 1. The molecule has 0 radical (unpaired) electrons. The largest absolute Gasteiger partial charge is 0.293 e. The van der Waals surface area contributed by atoms with Crippen LogP contribution in [0, 0.1) is 0 Å². The Bertz CT molecular complexity index is 994. The second-order valence-electron chi connectivity index (χ2n) is 4.96. The lowest BCUT2D eigenvalue weighted by Gasteiger charge is -2.10. The fourth-order valence-electron chi connectivity index (χ4n) is 2.22. The second kappa shape index (κ2) is 7.01. The van der Waals surface area contributed by atoms with Gasteiger partial charge in [-0.25, -0.2) is 23.4 Å². The van der Waals surface area contributed by atoms with E-state index in [2.05, 4.69) is 36.3 Å². The summed E-state index contributed by atoms with van der Waals surface area (Å²) >= 11 is 3.18. The molecular weight excluding hydrogens is 400 g/mol. The number of anilines is 1. The smallest absolute Gasteiger partial charge is 0.282 e. The molecule has 0 bridgehead atoms. The molecule has 1 aromatic carbocycles. The molecule has 0 atom stereocenters. The lowest BCUT2D eigenvalue weighted by molar-refractivity contribution is -0.117. The van der Waals surface area contributed by atoms with Gasteiger partial charge in [-0.1, -0.05) is 15.9 Å². The highest BCUT2D eigenvalue weighted by atomic mass is 79.9. The van der Waals surface area contributed by atoms with E-state index in [1.54, 1.807) is 12.1 Å². The van der Waals surface area contributed by atoms with Crippen LogP contribution in [0.1, 0.15) is 12.1 Å². The van der Waals surface area contributed by atoms with Crippen LogP contribution in [0.15, 0.2) is 45.9 Å². The molecule has 1 N–H and O–H groups in total. The molecular formula is C15H10BrF2N5O2. The number of fused-ring (bicyclic) bond motifs is 1. The minimum absolute atomic E-state index is 0.0393. The van der Waals surface area contributed by atoms with Gasteiger partial charge in [0, 0.05) is 22.3 Å². The number of carbonyl (C=O) groups is 1. The molecule has 0 unspecified atom stereocenters. The lowest BCUT2D eigenvalue weighted by Crippen LogP contribution is -2.31. The zero-order valence-corrected chi connectivity index (χ0v) is 14.1. The van der Waals surface area contributed by atoms with E-state index in [0.29, 0.717) is 9.15 Å². The van der Waals surface area contributed by atoms with E-state index in [1.165, 1.54) is 24.5 Å². The minimum atomic E-state index is -2.90. The maximum absolute atomic E-state index is 13.3. The number of nitrogens with zero attached hydrogens (tertiary/aromatic N) is 4. The fraction of sp³-hybridized carbons (Fsp3) is 0.133. The lowest BCUT2D eigenvalue weighted by atomic mass is 10.1. The predicted molar refractivity (Wildman–Crippen MR) is 89.3 cm³/mol. The number of benzene rings is 1. The number of aromatic nitrogens is 4. The summed E-state index contributed by atoms with van der Waals surface area (Å²) in [5.41, 5.74) is -1.21. The predicted octanol–water partition coefficient (Wildman–Crippen LogP) is 2.53. The molecule has 0 aliphatic heterocycles. The summed E-state index contributed by atoms with van der Waals surface area (Å²) in [7, 11) is 0. The van der Waals surface area contributed by atoms with E-state index in [0.717, 1.165) is 0 Å². The van der Waals surface area contributed by atoms with Crippen molar-refractivity contribution in [1.82, 2.24) is 19.7 Å². The van der Waals surface area contributed by atoms with E-state index < -0.39 is 30.1 Å². The normalized spacial score (nSPS) is 11.0. The molecule has 0 aliphatic carbocycles. The third-order valence-corrected chi connectivity index (χ3v) is 3.76. The molecule has 0 aliphatic rings. The maximum Gasteiger partial charge on any atom is 0.282 e. The standard InChI is InChI=1S/C15H10BrF2N5O2/c16-8-2-3-9-10(6-8)12(13(17)18)22-23(14(9)25)7-11(24)21-15-19-4-1-5-20-15/h1-6,13H,7H2,(H,19,20,21,24). The molecule has 25 heavy (non-hydrogen) atoms. The number of rotatable bonds is 4. The maximum atomic E-state index is 13.3. The molecule has 0 fully saturated rings. The summed E-state index contributed by atoms with van der Waals surface area (Å²) < 4.78 is 27.9. The number of halogens is 3. The molecule has 1 amide bonds. The Hall–Kier alpha value is -2.75. The number of hydrogen-bond donors (Lipinski definition) is 1. The van der Waals surface area contributed by atoms with Crippen molar-refractivity contribution in [3.8, 4) is 0 Å². The van der Waals surface area contributed by atoms with Crippen LogP contribution in [0.25, 0.3) is 10.8 Å². The zero-order chi connectivity index (χ0) is 18.0. The quantitative estimate of drug-likeness (QED) is 0.714. The minimum Gasteiger partial charge on any atom is -0.293 e. The van der Waals surface area contributed by atoms with Gasteiger partial charge in [0.1, 0.15) is 12.2 Å². The summed E-state index contributed by atoms with van der Waals surface area (Å²) in [4.78, 5) is 32.1. The Morgan fingerprint density at radius 1 is 1.24 bits per heavy atom. The van der Waals surface area contributed by atoms with Gasteiger partial charge in [0.15, 0.2) is 0 Å². The van der Waals surface area contributed by atoms with Crippen LogP contribution in [0.5, 0.6) is 0 Å². The number of carbonyl (C=O) groups excluding carboxylic acids is 1. The highest BCUT2D eigenvalue weighted by molar-refractivity contribution is 9.10. The molecule has 2 aromatic heterocycles. The van der Waals surface area contributed by atoms with Gasteiger partial charge in [0.05, 0.1) is 5.39 Å². The highest BCUT2D eigenvalue weighted by Gasteiger charge is 2.19. The van der Waals surface area contributed by atoms with Crippen molar-refractivity contribution in [2.75, 3.05) is 5.32 Å². The van der Waals surface area contributed by atoms with Crippen molar-refractivity contribution in [2.24, 2.45) is 0 Å². The van der Waals surface area contributed by atoms with Gasteiger partial charge in [-0.05, 0) is 24.3 Å². The first-order valence-corrected chi connectivity index (χ1v) is 7.80. The van der Waals surface area contributed by atoms with Gasteiger partial charge in [0.2, 0.25) is 11.9 Å². The fourth-order valence-corrected chi connectivity index (χ4v) is 2.58. The Balaban J connectivity index is 1.99. The summed E-state index contributed by atoms with van der Waals surface area (Å²) in [6.07, 6.45) is -0.0461. The van der Waals surface area contributed by atoms with Crippen LogP contribution in [-0.2, 0) is 11.3 Å². The average molecular weight is 410 g/mol. The Morgan fingerprint density at radius 3 is 2.64 bits per heavy atom. The Kier molecular flexibility index (Phi) is 4.79. The van der Waals surface area contributed by atoms with Crippen molar-refractivity contribution >= 4 is 38.6 Å². The van der Waals surface area contributed by atoms with Crippen LogP contribution in [0.3, 0.4) is 0 Å². The van der Waals surface area contributed by atoms with Gasteiger partial charge in [0.25, 0.3) is 12.0 Å².